The van der Waals surface area contributed by atoms with E-state index in [9.17, 15) is 0 Å². The molecule has 0 bridgehead atoms. The Morgan fingerprint density at radius 3 is 2.39 bits per heavy atom. The number of aliphatic imine (C=N–C) groups is 1. The Morgan fingerprint density at radius 2 is 1.75 bits per heavy atom. The first kappa shape index (κ1) is 21.4. The minimum atomic E-state index is 0.849. The van der Waals surface area contributed by atoms with Gasteiger partial charge in [-0.3, -0.25) is 4.99 Å². The highest BCUT2D eigenvalue weighted by Gasteiger charge is 2.06. The summed E-state index contributed by atoms with van der Waals surface area (Å²) in [7, 11) is 0. The molecule has 0 saturated carbocycles. The van der Waals surface area contributed by atoms with Gasteiger partial charge in [-0.15, -0.1) is 0 Å². The molecule has 0 unspecified atom stereocenters. The van der Waals surface area contributed by atoms with Crippen LogP contribution < -0.4 is 5.32 Å². The summed E-state index contributed by atoms with van der Waals surface area (Å²) in [5.41, 5.74) is 10.1. The summed E-state index contributed by atoms with van der Waals surface area (Å²) in [6.07, 6.45) is 3.75. The highest BCUT2D eigenvalue weighted by Crippen LogP contribution is 2.18. The predicted octanol–water partition coefficient (Wildman–Crippen LogP) is 6.55. The summed E-state index contributed by atoms with van der Waals surface area (Å²) >= 11 is 0. The molecule has 0 saturated heterocycles. The third-order valence-electron chi connectivity index (χ3n) is 4.82. The number of rotatable bonds is 8. The molecule has 0 spiro atoms. The van der Waals surface area contributed by atoms with E-state index in [-0.39, 0.29) is 0 Å². The summed E-state index contributed by atoms with van der Waals surface area (Å²) in [5.74, 6) is 0. The van der Waals surface area contributed by atoms with Crippen molar-refractivity contribution in [3.63, 3.8) is 0 Å². The topological polar surface area (TPSA) is 24.4 Å². The van der Waals surface area contributed by atoms with E-state index in [4.69, 9.17) is 4.99 Å². The Labute approximate surface area is 170 Å². The Kier molecular flexibility index (Phi) is 7.57. The minimum absolute atomic E-state index is 0.849. The number of allylic oxidation sites excluding steroid dienone is 1. The van der Waals surface area contributed by atoms with Crippen molar-refractivity contribution in [3.8, 4) is 0 Å². The normalized spacial score (nSPS) is 12.0. The fourth-order valence-corrected chi connectivity index (χ4v) is 3.14. The molecule has 2 aromatic carbocycles. The van der Waals surface area contributed by atoms with Gasteiger partial charge in [0.1, 0.15) is 0 Å². The summed E-state index contributed by atoms with van der Waals surface area (Å²) < 4.78 is 0. The van der Waals surface area contributed by atoms with E-state index < -0.39 is 0 Å². The van der Waals surface area contributed by atoms with Crippen LogP contribution in [0.15, 0.2) is 78.1 Å². The molecule has 0 aromatic heterocycles. The number of nitrogens with zero attached hydrogens (tertiary/aromatic N) is 1. The van der Waals surface area contributed by atoms with Crippen LogP contribution in [0.2, 0.25) is 0 Å². The van der Waals surface area contributed by atoms with E-state index in [1.165, 1.54) is 22.3 Å². The molecular weight excluding hydrogens is 340 g/mol. The molecule has 28 heavy (non-hydrogen) atoms. The van der Waals surface area contributed by atoms with Gasteiger partial charge in [-0.2, -0.15) is 0 Å². The highest BCUT2D eigenvalue weighted by atomic mass is 14.9. The second kappa shape index (κ2) is 9.89. The maximum absolute atomic E-state index is 4.70. The number of aryl methyl sites for hydroxylation is 3. The maximum atomic E-state index is 4.70. The van der Waals surface area contributed by atoms with Crippen LogP contribution in [0.1, 0.15) is 48.6 Å². The maximum Gasteiger partial charge on any atom is 0.0593 e. The highest BCUT2D eigenvalue weighted by molar-refractivity contribution is 5.85. The van der Waals surface area contributed by atoms with Crippen molar-refractivity contribution in [2.24, 2.45) is 4.99 Å². The zero-order valence-electron chi connectivity index (χ0n) is 17.9. The monoisotopic (exact) mass is 372 g/mol. The van der Waals surface area contributed by atoms with E-state index in [2.05, 4.69) is 76.5 Å². The first-order valence-corrected chi connectivity index (χ1v) is 9.81. The van der Waals surface area contributed by atoms with Crippen LogP contribution in [0.3, 0.4) is 0 Å². The Morgan fingerprint density at radius 1 is 1.04 bits per heavy atom. The van der Waals surface area contributed by atoms with Crippen molar-refractivity contribution in [2.45, 2.75) is 47.5 Å². The fourth-order valence-electron chi connectivity index (χ4n) is 3.14. The molecule has 2 nitrogen and oxygen atoms in total. The van der Waals surface area contributed by atoms with Gasteiger partial charge >= 0.3 is 0 Å². The van der Waals surface area contributed by atoms with Gasteiger partial charge in [0, 0.05) is 23.4 Å². The van der Waals surface area contributed by atoms with Gasteiger partial charge in [-0.25, -0.2) is 0 Å². The third kappa shape index (κ3) is 5.82. The van der Waals surface area contributed by atoms with Crippen LogP contribution in [0, 0.1) is 13.8 Å². The van der Waals surface area contributed by atoms with Crippen molar-refractivity contribution in [3.05, 3.63) is 101 Å². The molecule has 2 aromatic rings. The van der Waals surface area contributed by atoms with Crippen molar-refractivity contribution in [2.75, 3.05) is 0 Å². The molecule has 0 fully saturated rings. The largest absolute Gasteiger partial charge is 0.354 e. The van der Waals surface area contributed by atoms with Gasteiger partial charge in [0.25, 0.3) is 0 Å². The lowest BCUT2D eigenvalue weighted by atomic mass is 9.98. The predicted molar refractivity (Wildman–Crippen MR) is 124 cm³/mol. The van der Waals surface area contributed by atoms with Gasteiger partial charge in [-0.05, 0) is 56.4 Å². The van der Waals surface area contributed by atoms with Gasteiger partial charge in [0.05, 0.1) is 11.9 Å². The molecule has 0 heterocycles. The summed E-state index contributed by atoms with van der Waals surface area (Å²) in [5, 5.41) is 3.38. The minimum Gasteiger partial charge on any atom is -0.354 e. The third-order valence-corrected chi connectivity index (χ3v) is 4.82. The molecule has 0 aliphatic rings. The SMILES string of the molecule is C=C(C)/C(=C\N=C(/C)Cc1ccc(C)cc1CC)NC(=C)c1ccccc1C. The van der Waals surface area contributed by atoms with Crippen LogP contribution >= 0.6 is 0 Å². The standard InChI is InChI=1S/C26H32N2/c1-8-23-15-19(4)13-14-24(23)16-21(6)27-17-26(18(2)3)28-22(7)25-12-10-9-11-20(25)5/h9-15,17,28H,2,7-8,16H2,1,3-6H3/b26-17+,27-21+. The zero-order valence-corrected chi connectivity index (χ0v) is 17.9. The summed E-state index contributed by atoms with van der Waals surface area (Å²) in [4.78, 5) is 4.70. The molecule has 146 valence electrons. The molecule has 0 aliphatic carbocycles. The van der Waals surface area contributed by atoms with Gasteiger partial charge < -0.3 is 5.32 Å². The summed E-state index contributed by atoms with van der Waals surface area (Å²) in [6.45, 7) is 18.7. The molecule has 0 atom stereocenters. The number of benzene rings is 2. The van der Waals surface area contributed by atoms with Crippen LogP contribution in [0.4, 0.5) is 0 Å². The lowest BCUT2D eigenvalue weighted by Gasteiger charge is -2.15. The summed E-state index contributed by atoms with van der Waals surface area (Å²) in [6, 6.07) is 14.9. The molecule has 0 radical (unpaired) electrons. The van der Waals surface area contributed by atoms with Crippen molar-refractivity contribution < 1.29 is 0 Å². The van der Waals surface area contributed by atoms with Crippen molar-refractivity contribution in [1.82, 2.24) is 5.32 Å². The van der Waals surface area contributed by atoms with Crippen LogP contribution in [0.25, 0.3) is 5.70 Å². The Bertz CT molecular complexity index is 929. The van der Waals surface area contributed by atoms with E-state index >= 15 is 0 Å². The molecule has 2 heteroatoms. The zero-order chi connectivity index (χ0) is 20.7. The number of hydrogen-bond donors (Lipinski definition) is 1. The fraction of sp³-hybridized carbons (Fsp3) is 0.269. The molecule has 2 rings (SSSR count). The first-order chi connectivity index (χ1) is 13.3. The number of nitrogens with one attached hydrogen (secondary N) is 1. The van der Waals surface area contributed by atoms with E-state index in [1.807, 2.05) is 25.3 Å². The Hall–Kier alpha value is -2.87. The van der Waals surface area contributed by atoms with Crippen LogP contribution in [-0.2, 0) is 12.8 Å². The first-order valence-electron chi connectivity index (χ1n) is 9.81. The van der Waals surface area contributed by atoms with Crippen LogP contribution in [0.5, 0.6) is 0 Å². The van der Waals surface area contributed by atoms with E-state index in [0.29, 0.717) is 0 Å². The average molecular weight is 373 g/mol. The molecule has 0 amide bonds. The van der Waals surface area contributed by atoms with E-state index in [1.54, 1.807) is 0 Å². The second-order valence-corrected chi connectivity index (χ2v) is 7.41. The Balaban J connectivity index is 2.18. The molecular formula is C26H32N2. The van der Waals surface area contributed by atoms with Gasteiger partial charge in [-0.1, -0.05) is 68.1 Å². The van der Waals surface area contributed by atoms with E-state index in [0.717, 1.165) is 41.1 Å². The quantitative estimate of drug-likeness (QED) is 0.412. The van der Waals surface area contributed by atoms with Gasteiger partial charge in [0.15, 0.2) is 0 Å². The van der Waals surface area contributed by atoms with Crippen molar-refractivity contribution in [1.29, 1.82) is 0 Å². The lowest BCUT2D eigenvalue weighted by molar-refractivity contribution is 1.07. The van der Waals surface area contributed by atoms with Crippen LogP contribution in [-0.4, -0.2) is 5.71 Å². The van der Waals surface area contributed by atoms with Crippen molar-refractivity contribution >= 4 is 11.4 Å². The molecule has 1 N–H and O–H groups in total. The lowest BCUT2D eigenvalue weighted by Crippen LogP contribution is -2.12. The smallest absolute Gasteiger partial charge is 0.0593 e. The number of hydrogen-bond acceptors (Lipinski definition) is 2. The second-order valence-electron chi connectivity index (χ2n) is 7.41. The van der Waals surface area contributed by atoms with Gasteiger partial charge in [0.2, 0.25) is 0 Å². The molecule has 0 aliphatic heterocycles. The average Bonchev–Trinajstić information content (AvgIpc) is 2.66.